The van der Waals surface area contributed by atoms with Crippen molar-refractivity contribution in [1.29, 1.82) is 0 Å². The van der Waals surface area contributed by atoms with Gasteiger partial charge in [0.1, 0.15) is 0 Å². The fourth-order valence-electron chi connectivity index (χ4n) is 2.85. The molecule has 0 radical (unpaired) electrons. The summed E-state index contributed by atoms with van der Waals surface area (Å²) in [5, 5.41) is 8.36. The van der Waals surface area contributed by atoms with Crippen LogP contribution in [0.25, 0.3) is 22.4 Å². The number of hydrogen-bond donors (Lipinski definition) is 0. The maximum Gasteiger partial charge on any atom is 0.276 e. The van der Waals surface area contributed by atoms with Gasteiger partial charge in [0.15, 0.2) is 17.3 Å². The summed E-state index contributed by atoms with van der Waals surface area (Å²) in [6.07, 6.45) is 1.82. The van der Waals surface area contributed by atoms with Crippen molar-refractivity contribution in [1.82, 2.24) is 14.6 Å². The molecule has 4 aromatic rings. The second-order valence-corrected chi connectivity index (χ2v) is 7.05. The zero-order chi connectivity index (χ0) is 19.0. The van der Waals surface area contributed by atoms with E-state index in [0.29, 0.717) is 26.8 Å². The average molecular weight is 379 g/mol. The molecule has 2 aromatic heterocycles. The Morgan fingerprint density at radius 1 is 1.00 bits per heavy atom. The first-order valence-corrected chi connectivity index (χ1v) is 9.11. The van der Waals surface area contributed by atoms with Gasteiger partial charge in [0, 0.05) is 5.56 Å². The van der Waals surface area contributed by atoms with Gasteiger partial charge < -0.3 is 9.47 Å². The molecule has 7 heteroatoms. The Morgan fingerprint density at radius 2 is 1.74 bits per heavy atom. The molecule has 0 aliphatic rings. The van der Waals surface area contributed by atoms with Gasteiger partial charge in [-0.3, -0.25) is 4.79 Å². The summed E-state index contributed by atoms with van der Waals surface area (Å²) in [6, 6.07) is 13.4. The van der Waals surface area contributed by atoms with E-state index >= 15 is 0 Å². The standard InChI is InChI=1S/C20H17N3O3S/c1-12-4-7-14(8-5-12)18-21-22-20-23(18)19(24)17(27-20)11-13-6-9-15(25-2)16(10-13)26-3/h4-11H,1-3H3/b17-11+. The Bertz CT molecular complexity index is 1230. The normalized spacial score (nSPS) is 11.9. The highest BCUT2D eigenvalue weighted by molar-refractivity contribution is 7.15. The van der Waals surface area contributed by atoms with Crippen molar-refractivity contribution in [3.8, 4) is 22.9 Å². The fraction of sp³-hybridized carbons (Fsp3) is 0.150. The van der Waals surface area contributed by atoms with Gasteiger partial charge in [0.05, 0.1) is 18.8 Å². The second kappa shape index (κ2) is 6.85. The van der Waals surface area contributed by atoms with E-state index in [2.05, 4.69) is 10.2 Å². The van der Waals surface area contributed by atoms with Crippen LogP contribution in [-0.4, -0.2) is 28.8 Å². The molecule has 4 rings (SSSR count). The molecule has 2 heterocycles. The van der Waals surface area contributed by atoms with Crippen molar-refractivity contribution in [2.24, 2.45) is 0 Å². The third-order valence-corrected chi connectivity index (χ3v) is 5.22. The third-order valence-electron chi connectivity index (χ3n) is 4.26. The van der Waals surface area contributed by atoms with Crippen molar-refractivity contribution in [3.63, 3.8) is 0 Å². The number of benzene rings is 2. The summed E-state index contributed by atoms with van der Waals surface area (Å²) in [5.41, 5.74) is 2.72. The Labute approximate surface area is 159 Å². The lowest BCUT2D eigenvalue weighted by Crippen LogP contribution is -2.23. The van der Waals surface area contributed by atoms with E-state index in [-0.39, 0.29) is 5.56 Å². The van der Waals surface area contributed by atoms with E-state index in [4.69, 9.17) is 9.47 Å². The number of methoxy groups -OCH3 is 2. The highest BCUT2D eigenvalue weighted by Crippen LogP contribution is 2.27. The summed E-state index contributed by atoms with van der Waals surface area (Å²) in [7, 11) is 3.17. The molecule has 0 saturated carbocycles. The highest BCUT2D eigenvalue weighted by Gasteiger charge is 2.14. The van der Waals surface area contributed by atoms with Crippen molar-refractivity contribution in [3.05, 3.63) is 68.5 Å². The van der Waals surface area contributed by atoms with Gasteiger partial charge >= 0.3 is 0 Å². The zero-order valence-corrected chi connectivity index (χ0v) is 15.9. The third kappa shape index (κ3) is 3.06. The first-order valence-electron chi connectivity index (χ1n) is 8.29. The molecule has 0 saturated heterocycles. The molecule has 0 spiro atoms. The molecule has 136 valence electrons. The lowest BCUT2D eigenvalue weighted by molar-refractivity contribution is 0.355. The number of fused-ring (bicyclic) bond motifs is 1. The molecular formula is C20H17N3O3S. The van der Waals surface area contributed by atoms with E-state index in [1.54, 1.807) is 18.6 Å². The van der Waals surface area contributed by atoms with Gasteiger partial charge in [-0.05, 0) is 30.7 Å². The van der Waals surface area contributed by atoms with Crippen LogP contribution in [-0.2, 0) is 0 Å². The van der Waals surface area contributed by atoms with E-state index in [1.807, 2.05) is 55.5 Å². The molecule has 0 atom stereocenters. The molecule has 6 nitrogen and oxygen atoms in total. The first kappa shape index (κ1) is 17.2. The molecule has 2 aromatic carbocycles. The Morgan fingerprint density at radius 3 is 2.44 bits per heavy atom. The van der Waals surface area contributed by atoms with Gasteiger partial charge in [-0.15, -0.1) is 10.2 Å². The summed E-state index contributed by atoms with van der Waals surface area (Å²) in [6.45, 7) is 2.02. The van der Waals surface area contributed by atoms with Crippen molar-refractivity contribution in [2.45, 2.75) is 6.92 Å². The Hall–Kier alpha value is -3.19. The minimum absolute atomic E-state index is 0.134. The van der Waals surface area contributed by atoms with E-state index in [9.17, 15) is 4.79 Å². The maximum atomic E-state index is 12.9. The Balaban J connectivity index is 1.84. The number of nitrogens with zero attached hydrogens (tertiary/aromatic N) is 3. The minimum atomic E-state index is -0.134. The molecule has 0 fully saturated rings. The summed E-state index contributed by atoms with van der Waals surface area (Å²) in [5.74, 6) is 1.81. The van der Waals surface area contributed by atoms with Gasteiger partial charge in [0.25, 0.3) is 5.56 Å². The van der Waals surface area contributed by atoms with Crippen LogP contribution < -0.4 is 19.6 Å². The van der Waals surface area contributed by atoms with Crippen molar-refractivity contribution < 1.29 is 9.47 Å². The quantitative estimate of drug-likeness (QED) is 0.545. The number of thiazole rings is 1. The molecule has 0 N–H and O–H groups in total. The van der Waals surface area contributed by atoms with Crippen LogP contribution in [0.4, 0.5) is 0 Å². The van der Waals surface area contributed by atoms with E-state index < -0.39 is 0 Å². The average Bonchev–Trinajstić information content (AvgIpc) is 3.23. The summed E-state index contributed by atoms with van der Waals surface area (Å²) >= 11 is 1.31. The smallest absolute Gasteiger partial charge is 0.276 e. The number of aryl methyl sites for hydroxylation is 1. The number of aromatic nitrogens is 3. The SMILES string of the molecule is COc1ccc(/C=c2/sc3nnc(-c4ccc(C)cc4)n3c2=O)cc1OC. The zero-order valence-electron chi connectivity index (χ0n) is 15.1. The minimum Gasteiger partial charge on any atom is -0.493 e. The van der Waals surface area contributed by atoms with E-state index in [1.165, 1.54) is 11.3 Å². The van der Waals surface area contributed by atoms with Crippen LogP contribution in [0.1, 0.15) is 11.1 Å². The van der Waals surface area contributed by atoms with Crippen LogP contribution in [0.15, 0.2) is 47.3 Å². The van der Waals surface area contributed by atoms with Gasteiger partial charge in [0.2, 0.25) is 4.96 Å². The predicted molar refractivity (Wildman–Crippen MR) is 106 cm³/mol. The maximum absolute atomic E-state index is 12.9. The fourth-order valence-corrected chi connectivity index (χ4v) is 3.76. The van der Waals surface area contributed by atoms with Crippen LogP contribution in [0.2, 0.25) is 0 Å². The largest absolute Gasteiger partial charge is 0.493 e. The highest BCUT2D eigenvalue weighted by atomic mass is 32.1. The molecular weight excluding hydrogens is 362 g/mol. The Kier molecular flexibility index (Phi) is 4.37. The lowest BCUT2D eigenvalue weighted by atomic mass is 10.1. The topological polar surface area (TPSA) is 65.7 Å². The summed E-state index contributed by atoms with van der Waals surface area (Å²) < 4.78 is 12.7. The van der Waals surface area contributed by atoms with E-state index in [0.717, 1.165) is 16.7 Å². The van der Waals surface area contributed by atoms with Crippen LogP contribution in [0, 0.1) is 6.92 Å². The summed E-state index contributed by atoms with van der Waals surface area (Å²) in [4.78, 5) is 13.5. The van der Waals surface area contributed by atoms with Crippen molar-refractivity contribution >= 4 is 22.4 Å². The molecule has 27 heavy (non-hydrogen) atoms. The number of ether oxygens (including phenoxy) is 2. The van der Waals surface area contributed by atoms with Gasteiger partial charge in [-0.1, -0.05) is 47.2 Å². The van der Waals surface area contributed by atoms with Crippen LogP contribution in [0.5, 0.6) is 11.5 Å². The van der Waals surface area contributed by atoms with Crippen molar-refractivity contribution in [2.75, 3.05) is 14.2 Å². The van der Waals surface area contributed by atoms with Gasteiger partial charge in [-0.2, -0.15) is 0 Å². The molecule has 0 amide bonds. The lowest BCUT2D eigenvalue weighted by Gasteiger charge is -2.07. The molecule has 0 bridgehead atoms. The molecule has 0 unspecified atom stereocenters. The second-order valence-electron chi connectivity index (χ2n) is 6.04. The first-order chi connectivity index (χ1) is 13.1. The van der Waals surface area contributed by atoms with Crippen LogP contribution in [0.3, 0.4) is 0 Å². The predicted octanol–water partition coefficient (Wildman–Crippen LogP) is 2.69. The number of hydrogen-bond acceptors (Lipinski definition) is 6. The number of rotatable bonds is 4. The van der Waals surface area contributed by atoms with Crippen LogP contribution >= 0.6 is 11.3 Å². The monoisotopic (exact) mass is 379 g/mol. The van der Waals surface area contributed by atoms with Gasteiger partial charge in [-0.25, -0.2) is 4.40 Å². The molecule has 0 aliphatic carbocycles. The molecule has 0 aliphatic heterocycles.